The Morgan fingerprint density at radius 3 is 2.65 bits per heavy atom. The number of phenolic OH excluding ortho intramolecular Hbond substituents is 1. The van der Waals surface area contributed by atoms with Crippen LogP contribution in [-0.2, 0) is 0 Å². The third kappa shape index (κ3) is 6.40. The van der Waals surface area contributed by atoms with Gasteiger partial charge in [-0.25, -0.2) is 14.4 Å². The molecule has 7 heteroatoms. The van der Waals surface area contributed by atoms with E-state index in [0.29, 0.717) is 17.7 Å². The van der Waals surface area contributed by atoms with E-state index in [-0.39, 0.29) is 41.8 Å². The summed E-state index contributed by atoms with van der Waals surface area (Å²) in [5.74, 6) is -0.562. The molecule has 0 spiro atoms. The van der Waals surface area contributed by atoms with Crippen LogP contribution in [0.5, 0.6) is 5.75 Å². The zero-order valence-corrected chi connectivity index (χ0v) is 22.4. The zero-order valence-electron chi connectivity index (χ0n) is 22.4. The average Bonchev–Trinajstić information content (AvgIpc) is 3.36. The third-order valence-electron chi connectivity index (χ3n) is 8.28. The van der Waals surface area contributed by atoms with Gasteiger partial charge in [0, 0.05) is 37.2 Å². The van der Waals surface area contributed by atoms with E-state index in [4.69, 9.17) is 0 Å². The van der Waals surface area contributed by atoms with Crippen molar-refractivity contribution < 1.29 is 19.4 Å². The molecule has 0 bridgehead atoms. The molecule has 2 heterocycles. The molecule has 0 aliphatic carbocycles. The lowest BCUT2D eigenvalue weighted by molar-refractivity contribution is -0.0927. The van der Waals surface area contributed by atoms with Gasteiger partial charge in [-0.05, 0) is 94.4 Å². The number of hydrogen-bond acceptors (Lipinski definition) is 6. The van der Waals surface area contributed by atoms with Gasteiger partial charge in [-0.1, -0.05) is 30.7 Å². The van der Waals surface area contributed by atoms with Crippen LogP contribution in [-0.4, -0.2) is 83.8 Å². The molecule has 0 saturated carbocycles. The van der Waals surface area contributed by atoms with Crippen molar-refractivity contribution in [1.29, 1.82) is 0 Å². The molecule has 0 amide bonds. The van der Waals surface area contributed by atoms with E-state index >= 15 is 0 Å². The minimum absolute atomic E-state index is 0.0210. The predicted molar refractivity (Wildman–Crippen MR) is 144 cm³/mol. The molecular formula is C30H42FN3O3. The number of aromatic hydroxyl groups is 1. The second-order valence-electron chi connectivity index (χ2n) is 11.1. The SMILES string of the molecule is Cc1c(F)cccc1[C@@H]1C(CCCCN(C)C)CN(N2CCC[C@H]2CO)C[C@@H]1C(=O)c1cccc(O)c1. The molecule has 2 aliphatic rings. The highest BCUT2D eigenvalue weighted by atomic mass is 19.1. The van der Waals surface area contributed by atoms with E-state index in [1.54, 1.807) is 24.3 Å². The fraction of sp³-hybridized carbons (Fsp3) is 0.567. The molecule has 2 saturated heterocycles. The summed E-state index contributed by atoms with van der Waals surface area (Å²) >= 11 is 0. The summed E-state index contributed by atoms with van der Waals surface area (Å²) in [5.41, 5.74) is 2.01. The molecule has 4 rings (SSSR count). The number of aliphatic hydroxyl groups is 1. The highest BCUT2D eigenvalue weighted by Crippen LogP contribution is 2.44. The van der Waals surface area contributed by atoms with Crippen molar-refractivity contribution in [1.82, 2.24) is 14.9 Å². The summed E-state index contributed by atoms with van der Waals surface area (Å²) < 4.78 is 14.8. The molecule has 0 aromatic heterocycles. The number of phenols is 1. The van der Waals surface area contributed by atoms with Crippen molar-refractivity contribution >= 4 is 5.78 Å². The Morgan fingerprint density at radius 1 is 1.14 bits per heavy atom. The molecular weight excluding hydrogens is 469 g/mol. The smallest absolute Gasteiger partial charge is 0.168 e. The molecule has 2 aromatic carbocycles. The minimum Gasteiger partial charge on any atom is -0.508 e. The summed E-state index contributed by atoms with van der Waals surface area (Å²) in [6.45, 7) is 5.09. The highest BCUT2D eigenvalue weighted by molar-refractivity contribution is 5.99. The quantitative estimate of drug-likeness (QED) is 0.363. The number of rotatable bonds is 10. The van der Waals surface area contributed by atoms with Crippen molar-refractivity contribution in [3.63, 3.8) is 0 Å². The van der Waals surface area contributed by atoms with Crippen molar-refractivity contribution in [3.8, 4) is 5.75 Å². The Balaban J connectivity index is 1.73. The first kappa shape index (κ1) is 27.7. The van der Waals surface area contributed by atoms with E-state index in [2.05, 4.69) is 29.0 Å². The van der Waals surface area contributed by atoms with Crippen LogP contribution >= 0.6 is 0 Å². The molecule has 37 heavy (non-hydrogen) atoms. The highest BCUT2D eigenvalue weighted by Gasteiger charge is 2.45. The number of halogens is 1. The maximum absolute atomic E-state index is 14.8. The summed E-state index contributed by atoms with van der Waals surface area (Å²) in [7, 11) is 4.15. The van der Waals surface area contributed by atoms with Crippen molar-refractivity contribution in [3.05, 3.63) is 65.0 Å². The second kappa shape index (κ2) is 12.5. The van der Waals surface area contributed by atoms with Gasteiger partial charge in [0.15, 0.2) is 5.78 Å². The topological polar surface area (TPSA) is 67.2 Å². The number of carbonyl (C=O) groups is 1. The monoisotopic (exact) mass is 511 g/mol. The molecule has 2 N–H and O–H groups in total. The maximum atomic E-state index is 14.8. The number of piperidine rings is 1. The normalized spacial score (nSPS) is 25.1. The minimum atomic E-state index is -0.394. The number of benzene rings is 2. The zero-order chi connectivity index (χ0) is 26.5. The van der Waals surface area contributed by atoms with E-state index in [0.717, 1.165) is 57.3 Å². The number of ketones is 1. The average molecular weight is 512 g/mol. The maximum Gasteiger partial charge on any atom is 0.168 e. The number of Topliss-reactive ketones (excluding diaryl/α,β-unsaturated/α-hetero) is 1. The number of aliphatic hydroxyl groups excluding tert-OH is 1. The molecule has 0 radical (unpaired) electrons. The van der Waals surface area contributed by atoms with E-state index in [1.807, 2.05) is 13.0 Å². The number of unbranched alkanes of at least 4 members (excludes halogenated alkanes) is 1. The Bertz CT molecular complexity index is 1060. The third-order valence-corrected chi connectivity index (χ3v) is 8.28. The van der Waals surface area contributed by atoms with Gasteiger partial charge in [-0.15, -0.1) is 0 Å². The summed E-state index contributed by atoms with van der Waals surface area (Å²) in [4.78, 5) is 16.3. The van der Waals surface area contributed by atoms with Crippen LogP contribution in [0.25, 0.3) is 0 Å². The van der Waals surface area contributed by atoms with Gasteiger partial charge in [0.1, 0.15) is 11.6 Å². The number of hydrazine groups is 1. The van der Waals surface area contributed by atoms with E-state index < -0.39 is 5.92 Å². The van der Waals surface area contributed by atoms with Crippen LogP contribution < -0.4 is 0 Å². The standard InChI is InChI=1S/C30H42FN3O3/c1-21-26(13-7-14-28(21)31)29-23(9-4-5-15-32(2)3)18-33(34-16-8-11-24(34)20-35)19-27(29)30(37)22-10-6-12-25(36)17-22/h6-7,10,12-14,17,23-24,27,29,35-36H,4-5,8-9,11,15-16,18-20H2,1-3H3/t23?,24-,27-,29-/m0/s1. The summed E-state index contributed by atoms with van der Waals surface area (Å²) in [6.07, 6.45) is 4.99. The Hall–Kier alpha value is -2.32. The molecule has 202 valence electrons. The van der Waals surface area contributed by atoms with Crippen LogP contribution in [0.2, 0.25) is 0 Å². The molecule has 1 unspecified atom stereocenters. The van der Waals surface area contributed by atoms with Crippen LogP contribution in [0.3, 0.4) is 0 Å². The number of carbonyl (C=O) groups excluding carboxylic acids is 1. The van der Waals surface area contributed by atoms with Crippen LogP contribution in [0.4, 0.5) is 4.39 Å². The number of nitrogens with zero attached hydrogens (tertiary/aromatic N) is 3. The summed E-state index contributed by atoms with van der Waals surface area (Å²) in [6, 6.07) is 11.9. The largest absolute Gasteiger partial charge is 0.508 e. The van der Waals surface area contributed by atoms with E-state index in [1.165, 1.54) is 12.1 Å². The first-order valence-electron chi connectivity index (χ1n) is 13.7. The Kier molecular flexibility index (Phi) is 9.35. The fourth-order valence-electron chi connectivity index (χ4n) is 6.40. The number of hydrogen-bond donors (Lipinski definition) is 2. The lowest BCUT2D eigenvalue weighted by atomic mass is 9.68. The lowest BCUT2D eigenvalue weighted by Crippen LogP contribution is -2.56. The van der Waals surface area contributed by atoms with E-state index in [9.17, 15) is 19.4 Å². The Morgan fingerprint density at radius 2 is 1.92 bits per heavy atom. The molecule has 2 aliphatic heterocycles. The van der Waals surface area contributed by atoms with Gasteiger partial charge in [-0.2, -0.15) is 0 Å². The predicted octanol–water partition coefficient (Wildman–Crippen LogP) is 4.46. The van der Waals surface area contributed by atoms with Crippen molar-refractivity contribution in [2.75, 3.05) is 46.9 Å². The second-order valence-corrected chi connectivity index (χ2v) is 11.1. The fourth-order valence-corrected chi connectivity index (χ4v) is 6.40. The lowest BCUT2D eigenvalue weighted by Gasteiger charge is -2.48. The van der Waals surface area contributed by atoms with Gasteiger partial charge in [-0.3, -0.25) is 4.79 Å². The van der Waals surface area contributed by atoms with Crippen molar-refractivity contribution in [2.45, 2.75) is 51.0 Å². The first-order valence-corrected chi connectivity index (χ1v) is 13.7. The molecule has 6 nitrogen and oxygen atoms in total. The van der Waals surface area contributed by atoms with Gasteiger partial charge >= 0.3 is 0 Å². The van der Waals surface area contributed by atoms with Gasteiger partial charge in [0.25, 0.3) is 0 Å². The summed E-state index contributed by atoms with van der Waals surface area (Å²) in [5, 5.41) is 24.7. The van der Waals surface area contributed by atoms with Gasteiger partial charge < -0.3 is 15.1 Å². The first-order chi connectivity index (χ1) is 17.8. The Labute approximate surface area is 220 Å². The molecule has 2 fully saturated rings. The van der Waals surface area contributed by atoms with Crippen LogP contribution in [0, 0.1) is 24.6 Å². The molecule has 2 aromatic rings. The van der Waals surface area contributed by atoms with Crippen molar-refractivity contribution in [2.24, 2.45) is 11.8 Å². The van der Waals surface area contributed by atoms with Gasteiger partial charge in [0.2, 0.25) is 0 Å². The van der Waals surface area contributed by atoms with Crippen LogP contribution in [0.1, 0.15) is 59.5 Å². The molecule has 4 atom stereocenters. The van der Waals surface area contributed by atoms with Gasteiger partial charge in [0.05, 0.1) is 6.61 Å². The van der Waals surface area contributed by atoms with Crippen LogP contribution in [0.15, 0.2) is 42.5 Å².